The first-order valence-electron chi connectivity index (χ1n) is 16.6. The molecule has 1 amide bonds. The summed E-state index contributed by atoms with van der Waals surface area (Å²) in [4.78, 5) is 26.1. The molecule has 11 heteroatoms. The highest BCUT2D eigenvalue weighted by atomic mass is 16.4. The van der Waals surface area contributed by atoms with Gasteiger partial charge in [0.2, 0.25) is 5.91 Å². The van der Waals surface area contributed by atoms with Crippen molar-refractivity contribution in [1.82, 2.24) is 5.32 Å². The fourth-order valence-corrected chi connectivity index (χ4v) is 4.79. The highest BCUT2D eigenvalue weighted by molar-refractivity contribution is 5.96. The van der Waals surface area contributed by atoms with Crippen LogP contribution in [0.25, 0.3) is 0 Å². The van der Waals surface area contributed by atoms with Gasteiger partial charge in [0.1, 0.15) is 29.6 Å². The Morgan fingerprint density at radius 3 is 1.84 bits per heavy atom. The maximum Gasteiger partial charge on any atom is 0.339 e. The summed E-state index contributed by atoms with van der Waals surface area (Å²) in [7, 11) is 1.57. The molecular weight excluding hydrogens is 640 g/mol. The Balaban J connectivity index is 0.000000565. The molecule has 0 heterocycles. The molecule has 0 fully saturated rings. The van der Waals surface area contributed by atoms with Crippen LogP contribution in [0.3, 0.4) is 0 Å². The summed E-state index contributed by atoms with van der Waals surface area (Å²) in [6, 6.07) is 20.3. The molecule has 3 aromatic rings. The smallest absolute Gasteiger partial charge is 0.339 e. The van der Waals surface area contributed by atoms with E-state index in [2.05, 4.69) is 48.3 Å². The number of likely N-dealkylation sites (N-methyl/N-ethyl adjacent to an activating group) is 1. The first kappa shape index (κ1) is 41.9. The molecule has 272 valence electrons. The fraction of sp³-hybridized carbons (Fsp3) is 0.436. The van der Waals surface area contributed by atoms with Crippen molar-refractivity contribution in [2.24, 2.45) is 5.41 Å². The lowest BCUT2D eigenvalue weighted by atomic mass is 9.91. The number of aromatic hydroxyl groups is 1. The summed E-state index contributed by atoms with van der Waals surface area (Å²) >= 11 is 0. The minimum Gasteiger partial charge on any atom is -0.507 e. The number of amides is 1. The number of carboxylic acids is 1. The number of unbranched alkanes of at least 4 members (excludes halogenated alkanes) is 1. The maximum atomic E-state index is 13.2. The Hall–Kier alpha value is -4.28. The maximum absolute atomic E-state index is 13.2. The standard InChI is InChI=1S/C32H35NO4.C7H17NO5/c1-5-6-7-23-8-10-24(11-9-23)12-13-25-14-16-26(17-15-25)22-33(30(35)21-32(2,3)4)27-18-19-28(31(36)37)29(34)20-27;1-8-2-4(10)6(12)7(13)5(11)3-9/h8-11,14-20,34H,5-7,21-22H2,1-4H3,(H,36,37);4-13H,2-3H2,1H3/t;4-,5+,6+,7+/m.0/s1. The second-order valence-corrected chi connectivity index (χ2v) is 13.3. The Labute approximate surface area is 294 Å². The van der Waals surface area contributed by atoms with Gasteiger partial charge in [-0.25, -0.2) is 4.79 Å². The number of nitrogens with one attached hydrogen (secondary N) is 1. The van der Waals surface area contributed by atoms with E-state index in [0.29, 0.717) is 12.1 Å². The number of phenols is 1. The van der Waals surface area contributed by atoms with Crippen LogP contribution in [0.5, 0.6) is 5.75 Å². The van der Waals surface area contributed by atoms with Crippen LogP contribution >= 0.6 is 0 Å². The van der Waals surface area contributed by atoms with Crippen LogP contribution < -0.4 is 10.2 Å². The van der Waals surface area contributed by atoms with Gasteiger partial charge in [-0.15, -0.1) is 0 Å². The molecule has 8 N–H and O–H groups in total. The van der Waals surface area contributed by atoms with Gasteiger partial charge < -0.3 is 46.0 Å². The number of aliphatic hydroxyl groups excluding tert-OH is 5. The second-order valence-electron chi connectivity index (χ2n) is 13.3. The number of nitrogens with zero attached hydrogens (tertiary/aromatic N) is 1. The van der Waals surface area contributed by atoms with Crippen molar-refractivity contribution in [2.75, 3.05) is 25.1 Å². The van der Waals surface area contributed by atoms with E-state index in [-0.39, 0.29) is 35.7 Å². The molecule has 50 heavy (non-hydrogen) atoms. The van der Waals surface area contributed by atoms with Crippen molar-refractivity contribution >= 4 is 17.6 Å². The van der Waals surface area contributed by atoms with Gasteiger partial charge in [0.15, 0.2) is 0 Å². The lowest BCUT2D eigenvalue weighted by Crippen LogP contribution is -2.48. The van der Waals surface area contributed by atoms with Gasteiger partial charge in [0.05, 0.1) is 19.3 Å². The summed E-state index contributed by atoms with van der Waals surface area (Å²) in [5, 5.41) is 66.9. The highest BCUT2D eigenvalue weighted by Crippen LogP contribution is 2.29. The number of carboxylic acid groups (broad SMARTS) is 1. The van der Waals surface area contributed by atoms with E-state index in [9.17, 15) is 24.9 Å². The molecule has 0 aliphatic rings. The number of anilines is 1. The van der Waals surface area contributed by atoms with E-state index in [1.165, 1.54) is 30.5 Å². The average Bonchev–Trinajstić information content (AvgIpc) is 3.08. The Morgan fingerprint density at radius 2 is 1.38 bits per heavy atom. The number of carbonyl (C=O) groups is 2. The van der Waals surface area contributed by atoms with E-state index >= 15 is 0 Å². The van der Waals surface area contributed by atoms with Crippen molar-refractivity contribution in [2.45, 2.75) is 84.3 Å². The third-order valence-electron chi connectivity index (χ3n) is 7.66. The fourth-order valence-electron chi connectivity index (χ4n) is 4.79. The minimum absolute atomic E-state index is 0.0936. The topological polar surface area (TPSA) is 191 Å². The largest absolute Gasteiger partial charge is 0.507 e. The van der Waals surface area contributed by atoms with Crippen molar-refractivity contribution in [3.63, 3.8) is 0 Å². The predicted molar refractivity (Wildman–Crippen MR) is 193 cm³/mol. The van der Waals surface area contributed by atoms with Crippen LogP contribution in [0.15, 0.2) is 66.7 Å². The molecule has 11 nitrogen and oxygen atoms in total. The van der Waals surface area contributed by atoms with Crippen molar-refractivity contribution in [3.05, 3.63) is 94.5 Å². The van der Waals surface area contributed by atoms with Crippen LogP contribution in [0.4, 0.5) is 5.69 Å². The van der Waals surface area contributed by atoms with Crippen molar-refractivity contribution in [1.29, 1.82) is 0 Å². The number of carbonyl (C=O) groups excluding carboxylic acids is 1. The van der Waals surface area contributed by atoms with Crippen LogP contribution in [0.2, 0.25) is 0 Å². The predicted octanol–water partition coefficient (Wildman–Crippen LogP) is 3.44. The molecule has 0 unspecified atom stereocenters. The summed E-state index contributed by atoms with van der Waals surface area (Å²) in [6.07, 6.45) is -1.89. The minimum atomic E-state index is -1.55. The zero-order valence-electron chi connectivity index (χ0n) is 29.5. The lowest BCUT2D eigenvalue weighted by molar-refractivity contribution is -0.120. The van der Waals surface area contributed by atoms with Crippen LogP contribution in [0, 0.1) is 17.3 Å². The van der Waals surface area contributed by atoms with Crippen molar-refractivity contribution < 1.29 is 45.3 Å². The number of aromatic carboxylic acids is 1. The van der Waals surface area contributed by atoms with E-state index in [4.69, 9.17) is 20.4 Å². The van der Waals surface area contributed by atoms with Crippen LogP contribution in [-0.2, 0) is 17.8 Å². The Bertz CT molecular complexity index is 1560. The lowest BCUT2D eigenvalue weighted by Gasteiger charge is -2.27. The van der Waals surface area contributed by atoms with Gasteiger partial charge in [-0.2, -0.15) is 0 Å². The van der Waals surface area contributed by atoms with Gasteiger partial charge in [0.25, 0.3) is 0 Å². The van der Waals surface area contributed by atoms with Crippen LogP contribution in [-0.4, -0.2) is 92.2 Å². The molecular formula is C39H52N2O9. The summed E-state index contributed by atoms with van der Waals surface area (Å²) in [5.41, 5.74) is 4.07. The zero-order chi connectivity index (χ0) is 37.4. The number of aliphatic hydroxyl groups is 5. The molecule has 0 aromatic heterocycles. The van der Waals surface area contributed by atoms with Gasteiger partial charge >= 0.3 is 5.97 Å². The number of hydrogen-bond acceptors (Lipinski definition) is 9. The molecule has 0 saturated carbocycles. The van der Waals surface area contributed by atoms with Gasteiger partial charge in [0, 0.05) is 35.8 Å². The molecule has 0 aliphatic heterocycles. The number of hydrogen-bond donors (Lipinski definition) is 8. The SMILES string of the molecule is CCCCc1ccc(C#Cc2ccc(CN(C(=O)CC(C)(C)C)c3ccc(C(=O)O)c(O)c3)cc2)cc1.CNC[C@H](O)[C@@H](O)[C@H](O)[C@H](O)CO. The van der Waals surface area contributed by atoms with Crippen molar-refractivity contribution in [3.8, 4) is 17.6 Å². The molecule has 0 bridgehead atoms. The van der Waals surface area contributed by atoms with Crippen LogP contribution in [0.1, 0.15) is 79.6 Å². The monoisotopic (exact) mass is 692 g/mol. The normalized spacial score (nSPS) is 13.5. The summed E-state index contributed by atoms with van der Waals surface area (Å²) < 4.78 is 0. The van der Waals surface area contributed by atoms with E-state index < -0.39 is 37.0 Å². The van der Waals surface area contributed by atoms with Gasteiger partial charge in [-0.3, -0.25) is 4.79 Å². The molecule has 0 radical (unpaired) electrons. The number of benzene rings is 3. The molecule has 4 atom stereocenters. The number of rotatable bonds is 14. The van der Waals surface area contributed by atoms with E-state index in [1.54, 1.807) is 18.0 Å². The van der Waals surface area contributed by atoms with Gasteiger partial charge in [-0.05, 0) is 72.8 Å². The Kier molecular flexibility index (Phi) is 17.1. The first-order chi connectivity index (χ1) is 23.6. The van der Waals surface area contributed by atoms with E-state index in [0.717, 1.165) is 23.1 Å². The third kappa shape index (κ3) is 13.9. The van der Waals surface area contributed by atoms with E-state index in [1.807, 2.05) is 45.0 Å². The third-order valence-corrected chi connectivity index (χ3v) is 7.66. The average molecular weight is 693 g/mol. The summed E-state index contributed by atoms with van der Waals surface area (Å²) in [5.74, 6) is 4.70. The second kappa shape index (κ2) is 20.4. The Morgan fingerprint density at radius 1 is 0.840 bits per heavy atom. The molecule has 0 aliphatic carbocycles. The molecule has 3 aromatic carbocycles. The summed E-state index contributed by atoms with van der Waals surface area (Å²) in [6.45, 7) is 7.87. The molecule has 3 rings (SSSR count). The number of aryl methyl sites for hydroxylation is 1. The first-order valence-corrected chi connectivity index (χ1v) is 16.6. The molecule has 0 spiro atoms. The molecule has 0 saturated heterocycles. The quantitative estimate of drug-likeness (QED) is 0.116. The zero-order valence-corrected chi connectivity index (χ0v) is 29.5. The van der Waals surface area contributed by atoms with Gasteiger partial charge in [-0.1, -0.05) is 70.2 Å². The highest BCUT2D eigenvalue weighted by Gasteiger charge is 2.29.